The zero-order valence-corrected chi connectivity index (χ0v) is 13.3. The number of rotatable bonds is 4. The zero-order chi connectivity index (χ0) is 15.8. The minimum atomic E-state index is -0.855. The molecule has 0 spiro atoms. The van der Waals surface area contributed by atoms with Gasteiger partial charge in [0, 0.05) is 19.3 Å². The Labute approximate surface area is 128 Å². The topological polar surface area (TPSA) is 80.0 Å². The Morgan fingerprint density at radius 3 is 2.71 bits per heavy atom. The van der Waals surface area contributed by atoms with E-state index in [1.54, 1.807) is 0 Å². The first-order valence-electron chi connectivity index (χ1n) is 6.65. The van der Waals surface area contributed by atoms with E-state index < -0.39 is 5.97 Å². The molecule has 0 aliphatic rings. The molecule has 0 aromatic carbocycles. The Bertz CT molecular complexity index is 675. The highest BCUT2D eigenvalue weighted by Gasteiger charge is 2.28. The molecule has 1 atom stereocenters. The summed E-state index contributed by atoms with van der Waals surface area (Å²) in [6.07, 6.45) is 1.86. The lowest BCUT2D eigenvalue weighted by Crippen LogP contribution is -2.36. The molecule has 7 heteroatoms. The van der Waals surface area contributed by atoms with Crippen molar-refractivity contribution < 1.29 is 9.90 Å². The van der Waals surface area contributed by atoms with E-state index in [1.807, 2.05) is 44.6 Å². The predicted molar refractivity (Wildman–Crippen MR) is 82.6 cm³/mol. The number of hydrogen-bond acceptors (Lipinski definition) is 4. The van der Waals surface area contributed by atoms with Crippen molar-refractivity contribution in [2.45, 2.75) is 33.2 Å². The van der Waals surface area contributed by atoms with Gasteiger partial charge in [-0.15, -0.1) is 0 Å². The van der Waals surface area contributed by atoms with E-state index in [-0.39, 0.29) is 23.2 Å². The Morgan fingerprint density at radius 1 is 1.48 bits per heavy atom. The number of hydrogen-bond donors (Lipinski definition) is 2. The van der Waals surface area contributed by atoms with Crippen LogP contribution in [0, 0.1) is 5.41 Å². The van der Waals surface area contributed by atoms with Crippen molar-refractivity contribution in [2.75, 3.05) is 5.32 Å². The van der Waals surface area contributed by atoms with E-state index in [2.05, 4.69) is 15.3 Å². The fraction of sp³-hybridized carbons (Fsp3) is 0.500. The van der Waals surface area contributed by atoms with Crippen LogP contribution < -0.4 is 5.32 Å². The second-order valence-corrected chi connectivity index (χ2v) is 6.50. The highest BCUT2D eigenvalue weighted by molar-refractivity contribution is 6.28. The van der Waals surface area contributed by atoms with Gasteiger partial charge < -0.3 is 15.0 Å². The first-order chi connectivity index (χ1) is 9.68. The number of carbonyl (C=O) groups is 1. The quantitative estimate of drug-likeness (QED) is 0.849. The maximum Gasteiger partial charge on any atom is 0.305 e. The van der Waals surface area contributed by atoms with E-state index in [0.29, 0.717) is 11.5 Å². The average Bonchev–Trinajstić information content (AvgIpc) is 2.69. The van der Waals surface area contributed by atoms with Gasteiger partial charge in [-0.25, -0.2) is 4.98 Å². The monoisotopic (exact) mass is 310 g/mol. The van der Waals surface area contributed by atoms with Crippen molar-refractivity contribution in [3.8, 4) is 0 Å². The Kier molecular flexibility index (Phi) is 4.09. The highest BCUT2D eigenvalue weighted by Crippen LogP contribution is 2.29. The largest absolute Gasteiger partial charge is 0.481 e. The van der Waals surface area contributed by atoms with Gasteiger partial charge in [0.25, 0.3) is 0 Å². The molecule has 0 unspecified atom stereocenters. The van der Waals surface area contributed by atoms with Crippen LogP contribution in [0.4, 0.5) is 5.82 Å². The molecule has 0 aliphatic heterocycles. The number of fused-ring (bicyclic) bond motifs is 1. The number of nitrogens with one attached hydrogen (secondary N) is 1. The number of anilines is 1. The number of carboxylic acids is 1. The van der Waals surface area contributed by atoms with Gasteiger partial charge in [0.05, 0.1) is 11.8 Å². The summed E-state index contributed by atoms with van der Waals surface area (Å²) in [5.74, 6) is -0.293. The molecule has 0 saturated carbocycles. The number of aliphatic carboxylic acids is 1. The van der Waals surface area contributed by atoms with Gasteiger partial charge in [-0.05, 0) is 23.1 Å². The predicted octanol–water partition coefficient (Wildman–Crippen LogP) is 2.92. The van der Waals surface area contributed by atoms with E-state index in [1.165, 1.54) is 0 Å². The van der Waals surface area contributed by atoms with E-state index in [4.69, 9.17) is 16.7 Å². The summed E-state index contributed by atoms with van der Waals surface area (Å²) in [4.78, 5) is 19.5. The maximum atomic E-state index is 11.1. The van der Waals surface area contributed by atoms with Crippen LogP contribution in [0.5, 0.6) is 0 Å². The zero-order valence-electron chi connectivity index (χ0n) is 12.5. The van der Waals surface area contributed by atoms with Crippen molar-refractivity contribution in [3.05, 3.63) is 17.5 Å². The molecule has 0 saturated heterocycles. The summed E-state index contributed by atoms with van der Waals surface area (Å²) >= 11 is 5.96. The van der Waals surface area contributed by atoms with Crippen LogP contribution >= 0.6 is 11.6 Å². The van der Waals surface area contributed by atoms with Crippen LogP contribution in [-0.4, -0.2) is 31.7 Å². The molecule has 0 amide bonds. The van der Waals surface area contributed by atoms with Gasteiger partial charge >= 0.3 is 5.97 Å². The third-order valence-electron chi connectivity index (χ3n) is 3.43. The van der Waals surface area contributed by atoms with Crippen molar-refractivity contribution in [1.29, 1.82) is 0 Å². The van der Waals surface area contributed by atoms with E-state index in [0.717, 1.165) is 5.39 Å². The standard InChI is InChI=1S/C14H19ClN4O2/c1-14(2,3)9(7-10(20)21)16-11-8-5-6-19(4)12(8)18-13(15)17-11/h5-6,9H,7H2,1-4H3,(H,20,21)(H,16,17,18)/t9-/m1/s1. The number of carboxylic acid groups (broad SMARTS) is 1. The smallest absolute Gasteiger partial charge is 0.305 e. The second kappa shape index (κ2) is 5.52. The molecule has 0 fully saturated rings. The Balaban J connectivity index is 2.43. The van der Waals surface area contributed by atoms with Crippen molar-refractivity contribution in [1.82, 2.24) is 14.5 Å². The summed E-state index contributed by atoms with van der Waals surface area (Å²) in [7, 11) is 1.87. The summed E-state index contributed by atoms with van der Waals surface area (Å²) in [5, 5.41) is 13.3. The molecule has 0 radical (unpaired) electrons. The number of halogens is 1. The SMILES string of the molecule is Cn1ccc2c(N[C@H](CC(=O)O)C(C)(C)C)nc(Cl)nc21. The molecule has 2 heterocycles. The summed E-state index contributed by atoms with van der Waals surface area (Å²) < 4.78 is 1.84. The summed E-state index contributed by atoms with van der Waals surface area (Å²) in [5.41, 5.74) is 0.470. The lowest BCUT2D eigenvalue weighted by Gasteiger charge is -2.31. The van der Waals surface area contributed by atoms with Crippen LogP contribution in [0.3, 0.4) is 0 Å². The van der Waals surface area contributed by atoms with Crippen LogP contribution in [0.25, 0.3) is 11.0 Å². The first-order valence-corrected chi connectivity index (χ1v) is 7.03. The summed E-state index contributed by atoms with van der Waals surface area (Å²) in [6, 6.07) is 1.61. The van der Waals surface area contributed by atoms with Crippen molar-refractivity contribution in [3.63, 3.8) is 0 Å². The van der Waals surface area contributed by atoms with E-state index in [9.17, 15) is 4.79 Å². The molecule has 0 bridgehead atoms. The summed E-state index contributed by atoms with van der Waals surface area (Å²) in [6.45, 7) is 5.95. The van der Waals surface area contributed by atoms with Gasteiger partial charge in [-0.3, -0.25) is 4.79 Å². The first kappa shape index (κ1) is 15.6. The van der Waals surface area contributed by atoms with Gasteiger partial charge in [0.1, 0.15) is 11.5 Å². The third kappa shape index (κ3) is 3.44. The molecule has 2 aromatic rings. The molecule has 6 nitrogen and oxygen atoms in total. The minimum absolute atomic E-state index is 0.000547. The lowest BCUT2D eigenvalue weighted by molar-refractivity contribution is -0.137. The lowest BCUT2D eigenvalue weighted by atomic mass is 9.84. The van der Waals surface area contributed by atoms with E-state index >= 15 is 0 Å². The molecule has 2 aromatic heterocycles. The Hall–Kier alpha value is -1.82. The van der Waals surface area contributed by atoms with Gasteiger partial charge in [0.15, 0.2) is 0 Å². The van der Waals surface area contributed by atoms with Gasteiger partial charge in [-0.2, -0.15) is 4.98 Å². The van der Waals surface area contributed by atoms with Crippen LogP contribution in [0.1, 0.15) is 27.2 Å². The molecule has 114 valence electrons. The van der Waals surface area contributed by atoms with Crippen molar-refractivity contribution >= 4 is 34.4 Å². The number of aromatic nitrogens is 3. The molecule has 2 rings (SSSR count). The average molecular weight is 311 g/mol. The minimum Gasteiger partial charge on any atom is -0.481 e. The fourth-order valence-electron chi connectivity index (χ4n) is 2.13. The maximum absolute atomic E-state index is 11.1. The number of aryl methyl sites for hydroxylation is 1. The fourth-order valence-corrected chi connectivity index (χ4v) is 2.30. The second-order valence-electron chi connectivity index (χ2n) is 6.17. The molecule has 0 aliphatic carbocycles. The molecule has 21 heavy (non-hydrogen) atoms. The molecular weight excluding hydrogens is 292 g/mol. The van der Waals surface area contributed by atoms with Crippen LogP contribution in [-0.2, 0) is 11.8 Å². The molecule has 2 N–H and O–H groups in total. The van der Waals surface area contributed by atoms with Crippen molar-refractivity contribution in [2.24, 2.45) is 12.5 Å². The molecular formula is C14H19ClN4O2. The Morgan fingerprint density at radius 2 is 2.14 bits per heavy atom. The number of nitrogens with zero attached hydrogens (tertiary/aromatic N) is 3. The normalized spacial score (nSPS) is 13.4. The van der Waals surface area contributed by atoms with Crippen LogP contribution in [0.15, 0.2) is 12.3 Å². The third-order valence-corrected chi connectivity index (χ3v) is 3.60. The highest BCUT2D eigenvalue weighted by atomic mass is 35.5. The van der Waals surface area contributed by atoms with Gasteiger partial charge in [-0.1, -0.05) is 20.8 Å². The van der Waals surface area contributed by atoms with Gasteiger partial charge in [0.2, 0.25) is 5.28 Å². The van der Waals surface area contributed by atoms with Crippen LogP contribution in [0.2, 0.25) is 5.28 Å².